The van der Waals surface area contributed by atoms with Crippen LogP contribution in [0.1, 0.15) is 51.3 Å². The van der Waals surface area contributed by atoms with E-state index in [4.69, 9.17) is 9.47 Å². The predicted octanol–water partition coefficient (Wildman–Crippen LogP) is 4.55. The van der Waals surface area contributed by atoms with Crippen molar-refractivity contribution in [1.29, 1.82) is 0 Å². The summed E-state index contributed by atoms with van der Waals surface area (Å²) in [5.41, 5.74) is 1.84. The van der Waals surface area contributed by atoms with Crippen molar-refractivity contribution in [1.82, 2.24) is 4.90 Å². The van der Waals surface area contributed by atoms with E-state index in [0.29, 0.717) is 16.8 Å². The van der Waals surface area contributed by atoms with Gasteiger partial charge in [0.25, 0.3) is 0 Å². The van der Waals surface area contributed by atoms with E-state index < -0.39 is 34.6 Å². The maximum atomic E-state index is 14.2. The number of allylic oxidation sites excluding steroid dienone is 4. The number of carbonyl (C=O) groups is 4. The molecule has 200 valence electrons. The molecule has 0 bridgehead atoms. The van der Waals surface area contributed by atoms with Gasteiger partial charge >= 0.3 is 11.9 Å². The van der Waals surface area contributed by atoms with Gasteiger partial charge in [-0.05, 0) is 77.7 Å². The molecule has 3 aliphatic rings. The van der Waals surface area contributed by atoms with Crippen LogP contribution in [0.2, 0.25) is 0 Å². The van der Waals surface area contributed by atoms with Crippen LogP contribution in [0, 0.1) is 31.6 Å². The fourth-order valence-corrected chi connectivity index (χ4v) is 6.18. The van der Waals surface area contributed by atoms with E-state index in [1.165, 1.54) is 24.0 Å². The van der Waals surface area contributed by atoms with Gasteiger partial charge < -0.3 is 9.47 Å². The summed E-state index contributed by atoms with van der Waals surface area (Å²) in [6.45, 7) is 14.2. The van der Waals surface area contributed by atoms with Gasteiger partial charge in [0.15, 0.2) is 5.41 Å². The van der Waals surface area contributed by atoms with Crippen LogP contribution in [0.4, 0.5) is 5.69 Å². The minimum absolute atomic E-state index is 0.00156. The number of nitrogens with zero attached hydrogens (tertiary/aromatic N) is 2. The van der Waals surface area contributed by atoms with Crippen molar-refractivity contribution in [3.05, 3.63) is 74.8 Å². The van der Waals surface area contributed by atoms with Crippen molar-refractivity contribution in [2.24, 2.45) is 10.8 Å². The maximum absolute atomic E-state index is 14.2. The van der Waals surface area contributed by atoms with Crippen molar-refractivity contribution in [3.63, 3.8) is 0 Å². The molecule has 0 unspecified atom stereocenters. The average Bonchev–Trinajstić information content (AvgIpc) is 3.11. The second-order valence-corrected chi connectivity index (χ2v) is 10.8. The molecule has 1 aromatic carbocycles. The Morgan fingerprint density at radius 2 is 1.37 bits per heavy atom. The molecular formula is C30H34N2O6. The summed E-state index contributed by atoms with van der Waals surface area (Å²) in [6, 6.07) is 3.87. The van der Waals surface area contributed by atoms with E-state index in [0.717, 1.165) is 22.3 Å². The van der Waals surface area contributed by atoms with Crippen molar-refractivity contribution in [2.45, 2.75) is 55.4 Å². The zero-order valence-corrected chi connectivity index (χ0v) is 23.7. The van der Waals surface area contributed by atoms with Gasteiger partial charge in [0, 0.05) is 0 Å². The first-order chi connectivity index (χ1) is 17.7. The van der Waals surface area contributed by atoms with E-state index in [1.54, 1.807) is 33.8 Å². The molecule has 8 nitrogen and oxygen atoms in total. The van der Waals surface area contributed by atoms with Crippen LogP contribution >= 0.6 is 0 Å². The third-order valence-electron chi connectivity index (χ3n) is 7.67. The number of aryl methyl sites for hydroxylation is 3. The molecule has 38 heavy (non-hydrogen) atoms. The molecule has 4 rings (SSSR count). The van der Waals surface area contributed by atoms with Crippen molar-refractivity contribution in [3.8, 4) is 0 Å². The van der Waals surface area contributed by atoms with Gasteiger partial charge in [-0.15, -0.1) is 0 Å². The minimum Gasteiger partial charge on any atom is -0.468 e. The Hall–Kier alpha value is -3.94. The second-order valence-electron chi connectivity index (χ2n) is 10.8. The number of ether oxygens (including phenoxy) is 2. The molecule has 2 aliphatic heterocycles. The summed E-state index contributed by atoms with van der Waals surface area (Å²) in [5.74, 6) is -2.63. The molecule has 1 aliphatic carbocycles. The van der Waals surface area contributed by atoms with Gasteiger partial charge in [-0.1, -0.05) is 35.4 Å². The minimum atomic E-state index is -1.81. The summed E-state index contributed by atoms with van der Waals surface area (Å²) in [5, 5.41) is 0. The summed E-state index contributed by atoms with van der Waals surface area (Å²) in [6.07, 6.45) is 3.64. The Bertz CT molecular complexity index is 1430. The number of hydrogen-bond donors (Lipinski definition) is 0. The fourth-order valence-electron chi connectivity index (χ4n) is 6.18. The Morgan fingerprint density at radius 3 is 1.89 bits per heavy atom. The standard InChI is InChI=1S/C30H34N2O6/c1-15-11-17(3)22(18(4)12-15)31-24-21(25(33)37-9)30(28(36)38-10)20(6)14-16(2)13-19(5)23(30)32(24)27(35)29(7,8)26(31)34/h11-14H,1-10H3/t30-/m0/s1. The number of rotatable bonds is 3. The summed E-state index contributed by atoms with van der Waals surface area (Å²) >= 11 is 0. The molecule has 0 aromatic heterocycles. The van der Waals surface area contributed by atoms with Gasteiger partial charge in [-0.25, -0.2) is 4.79 Å². The number of benzene rings is 1. The molecule has 8 heteroatoms. The number of fused-ring (bicyclic) bond motifs is 3. The highest BCUT2D eigenvalue weighted by Gasteiger charge is 2.67. The number of methoxy groups -OCH3 is 2. The summed E-state index contributed by atoms with van der Waals surface area (Å²) in [4.78, 5) is 58.9. The molecule has 1 atom stereocenters. The van der Waals surface area contributed by atoms with E-state index in [1.807, 2.05) is 45.9 Å². The van der Waals surface area contributed by atoms with Gasteiger partial charge in [-0.2, -0.15) is 0 Å². The Labute approximate surface area is 223 Å². The molecule has 0 radical (unpaired) electrons. The highest BCUT2D eigenvalue weighted by Crippen LogP contribution is 2.59. The third-order valence-corrected chi connectivity index (χ3v) is 7.67. The number of anilines is 1. The molecule has 0 spiro atoms. The first-order valence-corrected chi connectivity index (χ1v) is 12.4. The molecule has 1 aromatic rings. The van der Waals surface area contributed by atoms with E-state index >= 15 is 0 Å². The van der Waals surface area contributed by atoms with Crippen molar-refractivity contribution < 1.29 is 28.7 Å². The van der Waals surface area contributed by atoms with Crippen LogP contribution in [-0.2, 0) is 28.7 Å². The predicted molar refractivity (Wildman–Crippen MR) is 142 cm³/mol. The number of hydrogen-bond acceptors (Lipinski definition) is 6. The summed E-state index contributed by atoms with van der Waals surface area (Å²) in [7, 11) is 2.45. The molecule has 0 saturated carbocycles. The Morgan fingerprint density at radius 1 is 0.816 bits per heavy atom. The van der Waals surface area contributed by atoms with Gasteiger partial charge in [0.05, 0.1) is 25.6 Å². The van der Waals surface area contributed by atoms with Crippen LogP contribution in [-0.4, -0.2) is 42.9 Å². The van der Waals surface area contributed by atoms with Crippen LogP contribution < -0.4 is 4.90 Å². The van der Waals surface area contributed by atoms with E-state index in [-0.39, 0.29) is 17.1 Å². The smallest absolute Gasteiger partial charge is 0.339 e. The maximum Gasteiger partial charge on any atom is 0.339 e. The molecule has 1 saturated heterocycles. The average molecular weight is 519 g/mol. The lowest BCUT2D eigenvalue weighted by Gasteiger charge is -2.44. The lowest BCUT2D eigenvalue weighted by Crippen LogP contribution is -2.58. The molecule has 0 N–H and O–H groups in total. The zero-order valence-electron chi connectivity index (χ0n) is 23.7. The quantitative estimate of drug-likeness (QED) is 0.431. The SMILES string of the molecule is COC(=O)C1=C2N(C(=O)C(C)(C)C(=O)N2c2c(C)cc(C)cc2C)C2=C(C)C=C(C)C=C(C)[C@]12C(=O)OC. The third kappa shape index (κ3) is 3.35. The topological polar surface area (TPSA) is 93.2 Å². The van der Waals surface area contributed by atoms with Crippen LogP contribution in [0.3, 0.4) is 0 Å². The largest absolute Gasteiger partial charge is 0.468 e. The van der Waals surface area contributed by atoms with Crippen molar-refractivity contribution >= 4 is 29.4 Å². The normalized spacial score (nSPS) is 22.6. The Balaban J connectivity index is 2.30. The molecule has 2 amide bonds. The zero-order chi connectivity index (χ0) is 28.5. The number of carbonyl (C=O) groups excluding carboxylic acids is 4. The molecule has 2 heterocycles. The molecule has 1 fully saturated rings. The van der Waals surface area contributed by atoms with Crippen LogP contribution in [0.15, 0.2) is 58.1 Å². The van der Waals surface area contributed by atoms with Gasteiger partial charge in [0.1, 0.15) is 16.8 Å². The van der Waals surface area contributed by atoms with E-state index in [2.05, 4.69) is 0 Å². The lowest BCUT2D eigenvalue weighted by molar-refractivity contribution is -0.150. The first-order valence-electron chi connectivity index (χ1n) is 12.4. The number of esters is 2. The first kappa shape index (κ1) is 27.1. The van der Waals surface area contributed by atoms with Crippen LogP contribution in [0.25, 0.3) is 0 Å². The van der Waals surface area contributed by atoms with Crippen LogP contribution in [0.5, 0.6) is 0 Å². The fraction of sp³-hybridized carbons (Fsp3) is 0.400. The van der Waals surface area contributed by atoms with Crippen molar-refractivity contribution in [2.75, 3.05) is 19.1 Å². The molecular weight excluding hydrogens is 484 g/mol. The van der Waals surface area contributed by atoms with E-state index in [9.17, 15) is 19.2 Å². The monoisotopic (exact) mass is 518 g/mol. The Kier molecular flexibility index (Phi) is 6.29. The second kappa shape index (κ2) is 8.82. The van der Waals surface area contributed by atoms with Gasteiger partial charge in [0.2, 0.25) is 11.8 Å². The highest BCUT2D eigenvalue weighted by atomic mass is 16.5. The summed E-state index contributed by atoms with van der Waals surface area (Å²) < 4.78 is 10.6. The van der Waals surface area contributed by atoms with Gasteiger partial charge in [-0.3, -0.25) is 24.2 Å². The lowest BCUT2D eigenvalue weighted by atomic mass is 9.72. The number of amides is 2. The highest BCUT2D eigenvalue weighted by molar-refractivity contribution is 6.20.